The van der Waals surface area contributed by atoms with Gasteiger partial charge >= 0.3 is 0 Å². The van der Waals surface area contributed by atoms with E-state index in [2.05, 4.69) is 181 Å². The molecule has 0 N–H and O–H groups in total. The van der Waals surface area contributed by atoms with Crippen molar-refractivity contribution in [1.82, 2.24) is 4.98 Å². The van der Waals surface area contributed by atoms with Crippen LogP contribution in [-0.2, 0) is 0 Å². The summed E-state index contributed by atoms with van der Waals surface area (Å²) in [6.07, 6.45) is 1.94. The Kier molecular flexibility index (Phi) is 6.71. The van der Waals surface area contributed by atoms with Crippen molar-refractivity contribution in [3.05, 3.63) is 182 Å². The van der Waals surface area contributed by atoms with Crippen molar-refractivity contribution in [2.45, 2.75) is 0 Å². The molecule has 2 heterocycles. The molecule has 234 valence electrons. The summed E-state index contributed by atoms with van der Waals surface area (Å²) in [5.41, 5.74) is 6.94. The first-order valence-electron chi connectivity index (χ1n) is 17.0. The maximum absolute atomic E-state index is 5.08. The Balaban J connectivity index is 1.16. The van der Waals surface area contributed by atoms with E-state index in [9.17, 15) is 0 Å². The third-order valence-electron chi connectivity index (χ3n) is 9.92. The third kappa shape index (κ3) is 4.67. The Morgan fingerprint density at radius 3 is 1.78 bits per heavy atom. The van der Waals surface area contributed by atoms with Gasteiger partial charge in [-0.3, -0.25) is 4.90 Å². The largest absolute Gasteiger partial charge is 0.295 e. The van der Waals surface area contributed by atoms with Gasteiger partial charge in [-0.15, -0.1) is 11.3 Å². The molecule has 0 amide bonds. The van der Waals surface area contributed by atoms with Gasteiger partial charge in [0.05, 0.1) is 0 Å². The van der Waals surface area contributed by atoms with Crippen molar-refractivity contribution < 1.29 is 0 Å². The fraction of sp³-hybridized carbons (Fsp3) is 0. The van der Waals surface area contributed by atoms with Crippen LogP contribution in [0.3, 0.4) is 0 Å². The van der Waals surface area contributed by atoms with Gasteiger partial charge in [-0.1, -0.05) is 133 Å². The van der Waals surface area contributed by atoms with Gasteiger partial charge in [-0.25, -0.2) is 4.98 Å². The molecule has 50 heavy (non-hydrogen) atoms. The van der Waals surface area contributed by atoms with E-state index in [1.54, 1.807) is 0 Å². The van der Waals surface area contributed by atoms with Crippen LogP contribution < -0.4 is 4.90 Å². The highest BCUT2D eigenvalue weighted by molar-refractivity contribution is 7.25. The second-order valence-electron chi connectivity index (χ2n) is 12.8. The van der Waals surface area contributed by atoms with E-state index in [0.717, 1.165) is 17.2 Å². The van der Waals surface area contributed by atoms with Gasteiger partial charge in [-0.2, -0.15) is 0 Å². The maximum Gasteiger partial charge on any atom is 0.146 e. The van der Waals surface area contributed by atoms with Gasteiger partial charge in [0, 0.05) is 37.7 Å². The number of hydrogen-bond donors (Lipinski definition) is 0. The van der Waals surface area contributed by atoms with Gasteiger partial charge in [-0.05, 0) is 97.0 Å². The van der Waals surface area contributed by atoms with Crippen LogP contribution in [0.2, 0.25) is 0 Å². The van der Waals surface area contributed by atoms with Crippen LogP contribution >= 0.6 is 11.3 Å². The summed E-state index contributed by atoms with van der Waals surface area (Å²) in [5, 5.41) is 10.0. The topological polar surface area (TPSA) is 16.1 Å². The van der Waals surface area contributed by atoms with Crippen molar-refractivity contribution in [2.24, 2.45) is 0 Å². The zero-order chi connectivity index (χ0) is 33.0. The predicted molar refractivity (Wildman–Crippen MR) is 215 cm³/mol. The minimum atomic E-state index is 0.933. The van der Waals surface area contributed by atoms with Gasteiger partial charge in [0.15, 0.2) is 0 Å². The van der Waals surface area contributed by atoms with E-state index in [4.69, 9.17) is 4.98 Å². The molecule has 10 aromatic rings. The molecule has 0 aliphatic carbocycles. The first-order valence-corrected chi connectivity index (χ1v) is 17.8. The van der Waals surface area contributed by atoms with Crippen molar-refractivity contribution in [1.29, 1.82) is 0 Å². The Hall–Kier alpha value is -6.29. The molecule has 2 nitrogen and oxygen atoms in total. The monoisotopic (exact) mass is 654 g/mol. The van der Waals surface area contributed by atoms with E-state index < -0.39 is 0 Å². The van der Waals surface area contributed by atoms with E-state index in [1.807, 2.05) is 17.5 Å². The summed E-state index contributed by atoms with van der Waals surface area (Å²) in [7, 11) is 0. The molecule has 0 aliphatic rings. The summed E-state index contributed by atoms with van der Waals surface area (Å²) in [6, 6.07) is 63.6. The number of hydrogen-bond acceptors (Lipinski definition) is 3. The minimum absolute atomic E-state index is 0.933. The van der Waals surface area contributed by atoms with Gasteiger partial charge in [0.2, 0.25) is 0 Å². The van der Waals surface area contributed by atoms with Crippen molar-refractivity contribution in [3.63, 3.8) is 0 Å². The standard InChI is InChI=1S/C47H30N2S/c1-2-10-31(11-3-1)32-18-23-35(24-19-32)49(47-46-41-16-8-9-17-44(41)50-45(46)28-29-48-47)36-25-20-34(21-26-36)42-30-43-37-13-5-4-12-33(37)22-27-40(43)38-14-6-7-15-39(38)42/h1-30H. The lowest BCUT2D eigenvalue weighted by molar-refractivity contribution is 1.20. The van der Waals surface area contributed by atoms with Crippen LogP contribution in [0.5, 0.6) is 0 Å². The summed E-state index contributed by atoms with van der Waals surface area (Å²) in [4.78, 5) is 7.39. The average Bonchev–Trinajstić information content (AvgIpc) is 3.58. The van der Waals surface area contributed by atoms with Crippen LogP contribution in [0.4, 0.5) is 17.2 Å². The molecule has 0 aliphatic heterocycles. The molecule has 0 saturated carbocycles. The average molecular weight is 655 g/mol. The number of benzene rings is 8. The van der Waals surface area contributed by atoms with Crippen LogP contribution in [0, 0.1) is 0 Å². The lowest BCUT2D eigenvalue weighted by Gasteiger charge is -2.26. The second kappa shape index (κ2) is 11.7. The van der Waals surface area contributed by atoms with E-state index in [1.165, 1.54) is 74.7 Å². The highest BCUT2D eigenvalue weighted by Gasteiger charge is 2.20. The Bertz CT molecular complexity index is 2850. The molecule has 0 unspecified atom stereocenters. The van der Waals surface area contributed by atoms with E-state index >= 15 is 0 Å². The van der Waals surface area contributed by atoms with Crippen LogP contribution in [0.15, 0.2) is 182 Å². The zero-order valence-corrected chi connectivity index (χ0v) is 27.9. The molecule has 2 aromatic heterocycles. The molecule has 0 spiro atoms. The molecule has 0 atom stereocenters. The molecule has 8 aromatic carbocycles. The normalized spacial score (nSPS) is 11.6. The van der Waals surface area contributed by atoms with Gasteiger partial charge < -0.3 is 0 Å². The summed E-state index contributed by atoms with van der Waals surface area (Å²) in [6.45, 7) is 0. The number of rotatable bonds is 5. The number of nitrogens with zero attached hydrogens (tertiary/aromatic N) is 2. The first kappa shape index (κ1) is 28.7. The molecular formula is C47H30N2S. The summed E-state index contributed by atoms with van der Waals surface area (Å²) < 4.78 is 2.50. The van der Waals surface area contributed by atoms with Gasteiger partial charge in [0.25, 0.3) is 0 Å². The summed E-state index contributed by atoms with van der Waals surface area (Å²) in [5.74, 6) is 0.933. The Labute approximate surface area is 294 Å². The maximum atomic E-state index is 5.08. The lowest BCUT2D eigenvalue weighted by Crippen LogP contribution is -2.11. The number of pyridine rings is 1. The number of thiophene rings is 1. The number of anilines is 3. The van der Waals surface area contributed by atoms with Crippen LogP contribution in [0.1, 0.15) is 0 Å². The van der Waals surface area contributed by atoms with Crippen molar-refractivity contribution in [2.75, 3.05) is 4.90 Å². The fourth-order valence-corrected chi connectivity index (χ4v) is 8.63. The molecule has 10 rings (SSSR count). The SMILES string of the molecule is c1ccc(-c2ccc(N(c3ccc(-c4cc5c6ccccc6ccc5c5ccccc45)cc3)c3nccc4sc5ccccc5c34)cc2)cc1. The Morgan fingerprint density at radius 1 is 0.400 bits per heavy atom. The molecule has 0 radical (unpaired) electrons. The zero-order valence-electron chi connectivity index (χ0n) is 27.1. The highest BCUT2D eigenvalue weighted by Crippen LogP contribution is 2.45. The first-order chi connectivity index (χ1) is 24.8. The second-order valence-corrected chi connectivity index (χ2v) is 13.8. The third-order valence-corrected chi connectivity index (χ3v) is 11.1. The van der Waals surface area contributed by atoms with E-state index in [0.29, 0.717) is 0 Å². The van der Waals surface area contributed by atoms with Crippen molar-refractivity contribution in [3.8, 4) is 22.3 Å². The molecule has 0 fully saturated rings. The molecule has 0 saturated heterocycles. The fourth-order valence-electron chi connectivity index (χ4n) is 7.54. The van der Waals surface area contributed by atoms with Crippen LogP contribution in [0.25, 0.3) is 74.7 Å². The highest BCUT2D eigenvalue weighted by atomic mass is 32.1. The van der Waals surface area contributed by atoms with Crippen molar-refractivity contribution >= 4 is 81.0 Å². The molecular weight excluding hydrogens is 625 g/mol. The minimum Gasteiger partial charge on any atom is -0.295 e. The molecule has 0 bridgehead atoms. The number of fused-ring (bicyclic) bond motifs is 8. The van der Waals surface area contributed by atoms with E-state index in [-0.39, 0.29) is 0 Å². The molecule has 3 heteroatoms. The van der Waals surface area contributed by atoms with Crippen LogP contribution in [-0.4, -0.2) is 4.98 Å². The summed E-state index contributed by atoms with van der Waals surface area (Å²) >= 11 is 1.82. The lowest BCUT2D eigenvalue weighted by atomic mass is 9.91. The van der Waals surface area contributed by atoms with Gasteiger partial charge in [0.1, 0.15) is 5.82 Å². The Morgan fingerprint density at radius 2 is 1.00 bits per heavy atom. The predicted octanol–water partition coefficient (Wildman–Crippen LogP) is 13.7. The quantitative estimate of drug-likeness (QED) is 0.172. The smallest absolute Gasteiger partial charge is 0.146 e. The number of aromatic nitrogens is 1.